The van der Waals surface area contributed by atoms with E-state index in [2.05, 4.69) is 27.8 Å². The van der Waals surface area contributed by atoms with Crippen LogP contribution in [0.15, 0.2) is 41.6 Å². The summed E-state index contributed by atoms with van der Waals surface area (Å²) >= 11 is 1.63. The predicted molar refractivity (Wildman–Crippen MR) is 113 cm³/mol. The van der Waals surface area contributed by atoms with Crippen LogP contribution in [0.5, 0.6) is 23.0 Å². The van der Waals surface area contributed by atoms with Gasteiger partial charge in [0.05, 0.1) is 28.4 Å². The lowest BCUT2D eigenvalue weighted by atomic mass is 10.1. The maximum atomic E-state index is 5.47. The molecule has 0 atom stereocenters. The van der Waals surface area contributed by atoms with Crippen molar-refractivity contribution in [3.63, 3.8) is 0 Å². The van der Waals surface area contributed by atoms with Gasteiger partial charge in [0, 0.05) is 17.9 Å². The van der Waals surface area contributed by atoms with Gasteiger partial charge in [-0.2, -0.15) is 0 Å². The van der Waals surface area contributed by atoms with E-state index in [4.69, 9.17) is 18.9 Å². The average Bonchev–Trinajstić information content (AvgIpc) is 3.19. The Bertz CT molecular complexity index is 949. The Labute approximate surface area is 175 Å². The number of thioether (sulfide) groups is 1. The third-order valence-electron chi connectivity index (χ3n) is 4.46. The van der Waals surface area contributed by atoms with Crippen molar-refractivity contribution in [2.45, 2.75) is 24.4 Å². The number of aromatic nitrogens is 3. The molecule has 0 spiro atoms. The number of rotatable bonds is 9. The summed E-state index contributed by atoms with van der Waals surface area (Å²) in [5.74, 6) is 4.08. The van der Waals surface area contributed by atoms with Crippen molar-refractivity contribution in [1.82, 2.24) is 14.8 Å². The van der Waals surface area contributed by atoms with E-state index < -0.39 is 0 Å². The van der Waals surface area contributed by atoms with Crippen LogP contribution in [0.2, 0.25) is 0 Å². The Morgan fingerprint density at radius 3 is 2.21 bits per heavy atom. The van der Waals surface area contributed by atoms with Crippen molar-refractivity contribution in [3.8, 4) is 34.4 Å². The molecule has 7 nitrogen and oxygen atoms in total. The molecular weight excluding hydrogens is 390 g/mol. The smallest absolute Gasteiger partial charge is 0.203 e. The van der Waals surface area contributed by atoms with Gasteiger partial charge in [-0.3, -0.25) is 0 Å². The third kappa shape index (κ3) is 4.42. The van der Waals surface area contributed by atoms with Crippen LogP contribution in [0.4, 0.5) is 0 Å². The first-order valence-electron chi connectivity index (χ1n) is 9.14. The van der Waals surface area contributed by atoms with Crippen molar-refractivity contribution in [3.05, 3.63) is 42.0 Å². The molecule has 3 rings (SSSR count). The highest BCUT2D eigenvalue weighted by molar-refractivity contribution is 7.98. The van der Waals surface area contributed by atoms with Crippen LogP contribution in [-0.2, 0) is 12.3 Å². The molecule has 0 amide bonds. The molecule has 0 saturated carbocycles. The SMILES string of the molecule is CCn1c(SCc2cccc(OC)c2)nnc1-c1cc(OC)c(OC)c(OC)c1. The zero-order valence-corrected chi connectivity index (χ0v) is 18.1. The minimum Gasteiger partial charge on any atom is -0.497 e. The van der Waals surface area contributed by atoms with Crippen molar-refractivity contribution < 1.29 is 18.9 Å². The molecule has 0 aliphatic heterocycles. The van der Waals surface area contributed by atoms with E-state index in [-0.39, 0.29) is 0 Å². The molecule has 0 N–H and O–H groups in total. The third-order valence-corrected chi connectivity index (χ3v) is 5.50. The molecule has 2 aromatic carbocycles. The highest BCUT2D eigenvalue weighted by Crippen LogP contribution is 2.41. The Kier molecular flexibility index (Phi) is 6.87. The molecule has 154 valence electrons. The highest BCUT2D eigenvalue weighted by Gasteiger charge is 2.19. The van der Waals surface area contributed by atoms with Gasteiger partial charge in [0.2, 0.25) is 5.75 Å². The average molecular weight is 416 g/mol. The molecular formula is C21H25N3O4S. The van der Waals surface area contributed by atoms with Crippen LogP contribution in [0, 0.1) is 0 Å². The van der Waals surface area contributed by atoms with Crippen LogP contribution in [0.1, 0.15) is 12.5 Å². The van der Waals surface area contributed by atoms with Gasteiger partial charge in [-0.25, -0.2) is 0 Å². The molecule has 0 aliphatic carbocycles. The minimum atomic E-state index is 0.550. The van der Waals surface area contributed by atoms with Gasteiger partial charge in [0.25, 0.3) is 0 Å². The summed E-state index contributed by atoms with van der Waals surface area (Å²) in [6, 6.07) is 11.8. The van der Waals surface area contributed by atoms with Crippen molar-refractivity contribution in [1.29, 1.82) is 0 Å². The molecule has 29 heavy (non-hydrogen) atoms. The van der Waals surface area contributed by atoms with Crippen LogP contribution in [0.25, 0.3) is 11.4 Å². The van der Waals surface area contributed by atoms with E-state index in [0.29, 0.717) is 17.2 Å². The number of hydrogen-bond donors (Lipinski definition) is 0. The zero-order valence-electron chi connectivity index (χ0n) is 17.3. The molecule has 0 saturated heterocycles. The second-order valence-corrected chi connectivity index (χ2v) is 7.05. The summed E-state index contributed by atoms with van der Waals surface area (Å²) in [6.45, 7) is 2.81. The normalized spacial score (nSPS) is 10.7. The number of methoxy groups -OCH3 is 4. The van der Waals surface area contributed by atoms with Crippen LogP contribution in [-0.4, -0.2) is 43.2 Å². The van der Waals surface area contributed by atoms with E-state index in [9.17, 15) is 0 Å². The standard InChI is InChI=1S/C21H25N3O4S/c1-6-24-20(15-11-17(26-3)19(28-5)18(12-15)27-4)22-23-21(24)29-13-14-8-7-9-16(10-14)25-2/h7-12H,6,13H2,1-5H3. The first kappa shape index (κ1) is 20.9. The molecule has 8 heteroatoms. The summed E-state index contributed by atoms with van der Waals surface area (Å²) in [6.07, 6.45) is 0. The van der Waals surface area contributed by atoms with E-state index >= 15 is 0 Å². The topological polar surface area (TPSA) is 67.6 Å². The quantitative estimate of drug-likeness (QED) is 0.483. The second-order valence-electron chi connectivity index (χ2n) is 6.10. The van der Waals surface area contributed by atoms with E-state index in [0.717, 1.165) is 40.2 Å². The van der Waals surface area contributed by atoms with E-state index in [1.54, 1.807) is 40.2 Å². The van der Waals surface area contributed by atoms with Gasteiger partial charge < -0.3 is 23.5 Å². The van der Waals surface area contributed by atoms with E-state index in [1.165, 1.54) is 0 Å². The molecule has 0 aliphatic rings. The van der Waals surface area contributed by atoms with Gasteiger partial charge in [-0.05, 0) is 36.8 Å². The van der Waals surface area contributed by atoms with Gasteiger partial charge >= 0.3 is 0 Å². The Balaban J connectivity index is 1.91. The van der Waals surface area contributed by atoms with Crippen LogP contribution in [0.3, 0.4) is 0 Å². The maximum Gasteiger partial charge on any atom is 0.203 e. The van der Waals surface area contributed by atoms with Crippen molar-refractivity contribution >= 4 is 11.8 Å². The Hall–Kier alpha value is -2.87. The minimum absolute atomic E-state index is 0.550. The number of ether oxygens (including phenoxy) is 4. The predicted octanol–water partition coefficient (Wildman–Crippen LogP) is 4.29. The summed E-state index contributed by atoms with van der Waals surface area (Å²) in [4.78, 5) is 0. The highest BCUT2D eigenvalue weighted by atomic mass is 32.2. The maximum absolute atomic E-state index is 5.47. The second kappa shape index (κ2) is 9.56. The van der Waals surface area contributed by atoms with Gasteiger partial charge in [-0.15, -0.1) is 10.2 Å². The number of hydrogen-bond acceptors (Lipinski definition) is 7. The van der Waals surface area contributed by atoms with Crippen LogP contribution < -0.4 is 18.9 Å². The molecule has 0 bridgehead atoms. The zero-order chi connectivity index (χ0) is 20.8. The van der Waals surface area contributed by atoms with Crippen LogP contribution >= 0.6 is 11.8 Å². The van der Waals surface area contributed by atoms with Crippen molar-refractivity contribution in [2.24, 2.45) is 0 Å². The lowest BCUT2D eigenvalue weighted by Crippen LogP contribution is -2.01. The van der Waals surface area contributed by atoms with Gasteiger partial charge in [-0.1, -0.05) is 23.9 Å². The Morgan fingerprint density at radius 1 is 0.897 bits per heavy atom. The molecule has 1 heterocycles. The first-order chi connectivity index (χ1) is 14.1. The summed E-state index contributed by atoms with van der Waals surface area (Å²) in [5, 5.41) is 9.68. The Morgan fingerprint density at radius 2 is 1.62 bits per heavy atom. The molecule has 3 aromatic rings. The fourth-order valence-electron chi connectivity index (χ4n) is 3.01. The molecule has 1 aromatic heterocycles. The van der Waals surface area contributed by atoms with E-state index in [1.807, 2.05) is 30.3 Å². The molecule has 0 fully saturated rings. The fraction of sp³-hybridized carbons (Fsp3) is 0.333. The van der Waals surface area contributed by atoms with Gasteiger partial charge in [0.15, 0.2) is 22.5 Å². The molecule has 0 radical (unpaired) electrons. The first-order valence-corrected chi connectivity index (χ1v) is 10.1. The number of nitrogens with zero attached hydrogens (tertiary/aromatic N) is 3. The summed E-state index contributed by atoms with van der Waals surface area (Å²) in [5.41, 5.74) is 2.01. The largest absolute Gasteiger partial charge is 0.497 e. The lowest BCUT2D eigenvalue weighted by molar-refractivity contribution is 0.324. The monoisotopic (exact) mass is 415 g/mol. The number of benzene rings is 2. The summed E-state index contributed by atoms with van der Waals surface area (Å²) in [7, 11) is 6.45. The lowest BCUT2D eigenvalue weighted by Gasteiger charge is -2.14. The fourth-order valence-corrected chi connectivity index (χ4v) is 3.96. The van der Waals surface area contributed by atoms with Crippen molar-refractivity contribution in [2.75, 3.05) is 28.4 Å². The summed E-state index contributed by atoms with van der Waals surface area (Å²) < 4.78 is 23.7. The van der Waals surface area contributed by atoms with Gasteiger partial charge in [0.1, 0.15) is 5.75 Å². The molecule has 0 unspecified atom stereocenters.